The Morgan fingerprint density at radius 1 is 1.37 bits per heavy atom. The number of piperidine rings is 1. The van der Waals surface area contributed by atoms with Crippen molar-refractivity contribution >= 4 is 16.6 Å². The summed E-state index contributed by atoms with van der Waals surface area (Å²) in [5, 5.41) is 14.4. The number of hydrogen-bond donors (Lipinski definition) is 1. The van der Waals surface area contributed by atoms with Crippen LogP contribution in [0.4, 0.5) is 5.82 Å². The lowest BCUT2D eigenvalue weighted by Crippen LogP contribution is -2.46. The lowest BCUT2D eigenvalue weighted by atomic mass is 10.0. The van der Waals surface area contributed by atoms with Crippen LogP contribution in [0, 0.1) is 0 Å². The van der Waals surface area contributed by atoms with Crippen molar-refractivity contribution in [3.8, 4) is 0 Å². The van der Waals surface area contributed by atoms with Gasteiger partial charge in [0.15, 0.2) is 5.82 Å². The van der Waals surface area contributed by atoms with Gasteiger partial charge in [-0.15, -0.1) is 5.10 Å². The largest absolute Gasteiger partial charge is 0.351 e. The summed E-state index contributed by atoms with van der Waals surface area (Å²) in [7, 11) is 0. The normalized spacial score (nSPS) is 19.5. The van der Waals surface area contributed by atoms with Gasteiger partial charge in [-0.05, 0) is 26.3 Å². The second kappa shape index (κ2) is 5.53. The van der Waals surface area contributed by atoms with E-state index in [1.807, 2.05) is 12.3 Å². The Morgan fingerprint density at radius 3 is 3.05 bits per heavy atom. The van der Waals surface area contributed by atoms with E-state index in [-0.39, 0.29) is 0 Å². The molecule has 1 aliphatic rings. The maximum Gasteiger partial charge on any atom is 0.159 e. The molecule has 2 heterocycles. The lowest BCUT2D eigenvalue weighted by molar-refractivity contribution is 0.433. The number of nitrogens with zero attached hydrogens (tertiary/aromatic N) is 3. The van der Waals surface area contributed by atoms with Gasteiger partial charge >= 0.3 is 0 Å². The van der Waals surface area contributed by atoms with Gasteiger partial charge in [-0.1, -0.05) is 24.3 Å². The molecule has 0 saturated carbocycles. The second-order valence-corrected chi connectivity index (χ2v) is 5.04. The van der Waals surface area contributed by atoms with Gasteiger partial charge in [0.2, 0.25) is 0 Å². The number of fused-ring (bicyclic) bond motifs is 1. The molecule has 1 aliphatic heterocycles. The zero-order valence-corrected chi connectivity index (χ0v) is 11.3. The molecule has 19 heavy (non-hydrogen) atoms. The van der Waals surface area contributed by atoms with Crippen LogP contribution >= 0.6 is 0 Å². The van der Waals surface area contributed by atoms with E-state index in [9.17, 15) is 0 Å². The van der Waals surface area contributed by atoms with E-state index in [1.165, 1.54) is 18.2 Å². The Labute approximate surface area is 113 Å². The van der Waals surface area contributed by atoms with E-state index < -0.39 is 0 Å². The Morgan fingerprint density at radius 2 is 2.26 bits per heavy atom. The molecule has 4 heteroatoms. The van der Waals surface area contributed by atoms with Crippen LogP contribution in [-0.2, 0) is 0 Å². The molecule has 2 aromatic rings. The van der Waals surface area contributed by atoms with E-state index in [1.54, 1.807) is 0 Å². The first-order chi connectivity index (χ1) is 9.40. The van der Waals surface area contributed by atoms with Crippen LogP contribution in [-0.4, -0.2) is 35.9 Å². The van der Waals surface area contributed by atoms with Gasteiger partial charge in [0.05, 0.1) is 6.20 Å². The van der Waals surface area contributed by atoms with Crippen LogP contribution < -0.4 is 10.2 Å². The summed E-state index contributed by atoms with van der Waals surface area (Å²) in [5.41, 5.74) is 0. The van der Waals surface area contributed by atoms with E-state index in [4.69, 9.17) is 0 Å². The molecular formula is C15H20N4. The number of hydrogen-bond acceptors (Lipinski definition) is 4. The summed E-state index contributed by atoms with van der Waals surface area (Å²) in [6, 6.07) is 8.88. The third-order valence-electron chi connectivity index (χ3n) is 3.88. The average Bonchev–Trinajstić information content (AvgIpc) is 2.49. The predicted octanol–water partition coefficient (Wildman–Crippen LogP) is 2.21. The zero-order valence-electron chi connectivity index (χ0n) is 11.3. The first kappa shape index (κ1) is 12.4. The Bertz CT molecular complexity index is 543. The van der Waals surface area contributed by atoms with E-state index in [0.29, 0.717) is 6.04 Å². The minimum atomic E-state index is 0.527. The van der Waals surface area contributed by atoms with Crippen molar-refractivity contribution in [2.45, 2.75) is 25.8 Å². The van der Waals surface area contributed by atoms with E-state index in [2.05, 4.69) is 45.5 Å². The fourth-order valence-corrected chi connectivity index (χ4v) is 2.91. The Hall–Kier alpha value is -1.68. The highest BCUT2D eigenvalue weighted by molar-refractivity contribution is 5.91. The van der Waals surface area contributed by atoms with Crippen molar-refractivity contribution in [1.29, 1.82) is 0 Å². The van der Waals surface area contributed by atoms with Crippen molar-refractivity contribution < 1.29 is 0 Å². The summed E-state index contributed by atoms with van der Waals surface area (Å²) in [6.07, 6.45) is 4.30. The van der Waals surface area contributed by atoms with Crippen LogP contribution in [0.15, 0.2) is 30.5 Å². The number of anilines is 1. The standard InChI is InChI=1S/C15H20N4/c1-2-19(13-7-5-9-16-11-13)15-14-8-4-3-6-12(14)10-17-18-15/h3-4,6,8,10,13,16H,2,5,7,9,11H2,1H3. The number of rotatable bonds is 3. The van der Waals surface area contributed by atoms with Gasteiger partial charge < -0.3 is 10.2 Å². The molecule has 1 saturated heterocycles. The van der Waals surface area contributed by atoms with E-state index >= 15 is 0 Å². The number of likely N-dealkylation sites (N-methyl/N-ethyl adjacent to an activating group) is 1. The predicted molar refractivity (Wildman–Crippen MR) is 78.4 cm³/mol. The minimum absolute atomic E-state index is 0.527. The third kappa shape index (κ3) is 2.40. The van der Waals surface area contributed by atoms with Crippen molar-refractivity contribution in [1.82, 2.24) is 15.5 Å². The molecule has 0 radical (unpaired) electrons. The quantitative estimate of drug-likeness (QED) is 0.914. The average molecular weight is 256 g/mol. The maximum atomic E-state index is 4.40. The molecule has 4 nitrogen and oxygen atoms in total. The maximum absolute atomic E-state index is 4.40. The summed E-state index contributed by atoms with van der Waals surface area (Å²) in [5.74, 6) is 1.02. The van der Waals surface area contributed by atoms with Crippen LogP contribution in [0.2, 0.25) is 0 Å². The SMILES string of the molecule is CCN(c1nncc2ccccc12)C1CCCNC1. The molecule has 0 bridgehead atoms. The summed E-state index contributed by atoms with van der Waals surface area (Å²) in [6.45, 7) is 5.33. The second-order valence-electron chi connectivity index (χ2n) is 5.04. The molecule has 0 amide bonds. The molecule has 100 valence electrons. The lowest BCUT2D eigenvalue weighted by Gasteiger charge is -2.35. The van der Waals surface area contributed by atoms with Gasteiger partial charge in [0, 0.05) is 29.9 Å². The fourth-order valence-electron chi connectivity index (χ4n) is 2.91. The highest BCUT2D eigenvalue weighted by Crippen LogP contribution is 2.26. The molecular weight excluding hydrogens is 236 g/mol. The molecule has 0 spiro atoms. The summed E-state index contributed by atoms with van der Waals surface area (Å²) < 4.78 is 0. The highest BCUT2D eigenvalue weighted by atomic mass is 15.3. The molecule has 3 rings (SSSR count). The number of nitrogens with one attached hydrogen (secondary N) is 1. The van der Waals surface area contributed by atoms with Crippen molar-refractivity contribution in [3.63, 3.8) is 0 Å². The molecule has 1 aromatic carbocycles. The van der Waals surface area contributed by atoms with Crippen LogP contribution in [0.25, 0.3) is 10.8 Å². The number of benzene rings is 1. The van der Waals surface area contributed by atoms with Gasteiger partial charge in [-0.25, -0.2) is 0 Å². The van der Waals surface area contributed by atoms with Crippen molar-refractivity contribution in [2.75, 3.05) is 24.5 Å². The van der Waals surface area contributed by atoms with Crippen molar-refractivity contribution in [2.24, 2.45) is 0 Å². The van der Waals surface area contributed by atoms with E-state index in [0.717, 1.165) is 30.8 Å². The van der Waals surface area contributed by atoms with Gasteiger partial charge in [-0.3, -0.25) is 0 Å². The summed E-state index contributed by atoms with van der Waals surface area (Å²) in [4.78, 5) is 2.39. The minimum Gasteiger partial charge on any atom is -0.351 e. The van der Waals surface area contributed by atoms with Gasteiger partial charge in [0.25, 0.3) is 0 Å². The molecule has 1 N–H and O–H groups in total. The molecule has 1 atom stereocenters. The topological polar surface area (TPSA) is 41.1 Å². The third-order valence-corrected chi connectivity index (χ3v) is 3.88. The van der Waals surface area contributed by atoms with Crippen LogP contribution in [0.1, 0.15) is 19.8 Å². The molecule has 1 unspecified atom stereocenters. The number of aromatic nitrogens is 2. The van der Waals surface area contributed by atoms with Crippen molar-refractivity contribution in [3.05, 3.63) is 30.5 Å². The van der Waals surface area contributed by atoms with Crippen LogP contribution in [0.3, 0.4) is 0 Å². The van der Waals surface area contributed by atoms with Gasteiger partial charge in [0.1, 0.15) is 0 Å². The molecule has 1 fully saturated rings. The Kier molecular flexibility index (Phi) is 3.60. The molecule has 1 aromatic heterocycles. The highest BCUT2D eigenvalue weighted by Gasteiger charge is 2.22. The summed E-state index contributed by atoms with van der Waals surface area (Å²) >= 11 is 0. The van der Waals surface area contributed by atoms with Crippen LogP contribution in [0.5, 0.6) is 0 Å². The van der Waals surface area contributed by atoms with Gasteiger partial charge in [-0.2, -0.15) is 5.10 Å². The smallest absolute Gasteiger partial charge is 0.159 e. The monoisotopic (exact) mass is 256 g/mol. The first-order valence-corrected chi connectivity index (χ1v) is 7.08. The first-order valence-electron chi connectivity index (χ1n) is 7.08. The zero-order chi connectivity index (χ0) is 13.1. The molecule has 0 aliphatic carbocycles. The fraction of sp³-hybridized carbons (Fsp3) is 0.467. The Balaban J connectivity index is 2.00.